The van der Waals surface area contributed by atoms with Gasteiger partial charge in [-0.1, -0.05) is 36.9 Å². The first-order valence-electron chi connectivity index (χ1n) is 6.24. The van der Waals surface area contributed by atoms with Gasteiger partial charge in [-0.05, 0) is 31.4 Å². The molecule has 0 fully saturated rings. The number of hydrogen-bond acceptors (Lipinski definition) is 2. The zero-order chi connectivity index (χ0) is 12.5. The van der Waals surface area contributed by atoms with E-state index in [4.69, 9.17) is 9.47 Å². The average molecular weight is 234 g/mol. The Morgan fingerprint density at radius 1 is 1.12 bits per heavy atom. The number of benzene rings is 1. The highest BCUT2D eigenvalue weighted by atomic mass is 16.7. The Bertz CT molecular complexity index is 313. The van der Waals surface area contributed by atoms with Crippen molar-refractivity contribution < 1.29 is 9.47 Å². The monoisotopic (exact) mass is 234 g/mol. The molecule has 2 nitrogen and oxygen atoms in total. The van der Waals surface area contributed by atoms with Crippen LogP contribution in [-0.2, 0) is 9.47 Å². The van der Waals surface area contributed by atoms with Crippen LogP contribution in [0.1, 0.15) is 32.3 Å². The van der Waals surface area contributed by atoms with Crippen LogP contribution in [0.5, 0.6) is 0 Å². The lowest BCUT2D eigenvalue weighted by molar-refractivity contribution is -0.138. The van der Waals surface area contributed by atoms with Gasteiger partial charge < -0.3 is 9.47 Å². The van der Waals surface area contributed by atoms with Crippen LogP contribution in [0.3, 0.4) is 0 Å². The van der Waals surface area contributed by atoms with Crippen molar-refractivity contribution in [2.75, 3.05) is 13.2 Å². The molecule has 0 atom stereocenters. The smallest absolute Gasteiger partial charge is 0.157 e. The third-order valence-electron chi connectivity index (χ3n) is 2.57. The minimum Gasteiger partial charge on any atom is -0.353 e. The van der Waals surface area contributed by atoms with Gasteiger partial charge in [-0.2, -0.15) is 0 Å². The van der Waals surface area contributed by atoms with Gasteiger partial charge in [0.25, 0.3) is 0 Å². The lowest BCUT2D eigenvalue weighted by Crippen LogP contribution is -2.17. The van der Waals surface area contributed by atoms with Crippen molar-refractivity contribution in [2.24, 2.45) is 0 Å². The van der Waals surface area contributed by atoms with Crippen molar-refractivity contribution >= 4 is 5.57 Å². The van der Waals surface area contributed by atoms with Gasteiger partial charge in [0, 0.05) is 19.6 Å². The molecule has 0 saturated carbocycles. The van der Waals surface area contributed by atoms with E-state index in [1.807, 2.05) is 32.0 Å². The molecule has 94 valence electrons. The Morgan fingerprint density at radius 3 is 2.24 bits per heavy atom. The van der Waals surface area contributed by atoms with E-state index in [1.54, 1.807) is 0 Å². The van der Waals surface area contributed by atoms with Crippen molar-refractivity contribution in [3.8, 4) is 0 Å². The second-order valence-electron chi connectivity index (χ2n) is 3.85. The molecule has 0 radical (unpaired) electrons. The number of allylic oxidation sites excluding steroid dienone is 1. The van der Waals surface area contributed by atoms with E-state index in [2.05, 4.69) is 18.7 Å². The maximum absolute atomic E-state index is 5.51. The molecule has 1 aromatic carbocycles. The molecule has 17 heavy (non-hydrogen) atoms. The SMILES string of the molecule is C=C(CCC(OCC)OCC)c1ccccc1. The molecular formula is C15H22O2. The highest BCUT2D eigenvalue weighted by Crippen LogP contribution is 2.19. The van der Waals surface area contributed by atoms with Crippen LogP contribution in [0, 0.1) is 0 Å². The molecular weight excluding hydrogens is 212 g/mol. The van der Waals surface area contributed by atoms with Crippen LogP contribution in [-0.4, -0.2) is 19.5 Å². The summed E-state index contributed by atoms with van der Waals surface area (Å²) in [5.41, 5.74) is 2.33. The van der Waals surface area contributed by atoms with Crippen LogP contribution in [0.25, 0.3) is 5.57 Å². The van der Waals surface area contributed by atoms with E-state index in [1.165, 1.54) is 5.56 Å². The van der Waals surface area contributed by atoms with Crippen molar-refractivity contribution in [2.45, 2.75) is 33.0 Å². The molecule has 0 N–H and O–H groups in total. The summed E-state index contributed by atoms with van der Waals surface area (Å²) in [7, 11) is 0. The summed E-state index contributed by atoms with van der Waals surface area (Å²) < 4.78 is 11.0. The highest BCUT2D eigenvalue weighted by Gasteiger charge is 2.08. The van der Waals surface area contributed by atoms with E-state index in [0.29, 0.717) is 13.2 Å². The highest BCUT2D eigenvalue weighted by molar-refractivity contribution is 5.62. The summed E-state index contributed by atoms with van der Waals surface area (Å²) in [6.45, 7) is 9.44. The van der Waals surface area contributed by atoms with E-state index < -0.39 is 0 Å². The van der Waals surface area contributed by atoms with Gasteiger partial charge in [0.1, 0.15) is 0 Å². The fourth-order valence-corrected chi connectivity index (χ4v) is 1.70. The molecule has 0 amide bonds. The summed E-state index contributed by atoms with van der Waals surface area (Å²) in [5.74, 6) is 0. The maximum Gasteiger partial charge on any atom is 0.157 e. The van der Waals surface area contributed by atoms with E-state index in [0.717, 1.165) is 18.4 Å². The quantitative estimate of drug-likeness (QED) is 0.635. The summed E-state index contributed by atoms with van der Waals surface area (Å²) in [4.78, 5) is 0. The molecule has 1 aromatic rings. The Kier molecular flexibility index (Phi) is 6.60. The molecule has 0 aliphatic carbocycles. The third-order valence-corrected chi connectivity index (χ3v) is 2.57. The van der Waals surface area contributed by atoms with Crippen molar-refractivity contribution in [1.82, 2.24) is 0 Å². The standard InChI is InChI=1S/C15H22O2/c1-4-16-15(17-5-2)12-11-13(3)14-9-7-6-8-10-14/h6-10,15H,3-5,11-12H2,1-2H3. The second kappa shape index (κ2) is 8.04. The zero-order valence-corrected chi connectivity index (χ0v) is 10.8. The van der Waals surface area contributed by atoms with Crippen LogP contribution in [0.2, 0.25) is 0 Å². The molecule has 0 heterocycles. The van der Waals surface area contributed by atoms with Gasteiger partial charge in [0.15, 0.2) is 6.29 Å². The van der Waals surface area contributed by atoms with Crippen LogP contribution in [0.4, 0.5) is 0 Å². The van der Waals surface area contributed by atoms with Crippen LogP contribution < -0.4 is 0 Å². The van der Waals surface area contributed by atoms with E-state index >= 15 is 0 Å². The van der Waals surface area contributed by atoms with Crippen molar-refractivity contribution in [1.29, 1.82) is 0 Å². The van der Waals surface area contributed by atoms with Gasteiger partial charge in [-0.3, -0.25) is 0 Å². The minimum atomic E-state index is -0.106. The number of hydrogen-bond donors (Lipinski definition) is 0. The van der Waals surface area contributed by atoms with Gasteiger partial charge in [-0.25, -0.2) is 0 Å². The van der Waals surface area contributed by atoms with E-state index in [-0.39, 0.29) is 6.29 Å². The van der Waals surface area contributed by atoms with Gasteiger partial charge in [-0.15, -0.1) is 0 Å². The lowest BCUT2D eigenvalue weighted by Gasteiger charge is -2.17. The zero-order valence-electron chi connectivity index (χ0n) is 10.8. The third kappa shape index (κ3) is 5.16. The Hall–Kier alpha value is -1.12. The molecule has 1 rings (SSSR count). The minimum absolute atomic E-state index is 0.106. The first-order valence-corrected chi connectivity index (χ1v) is 6.24. The second-order valence-corrected chi connectivity index (χ2v) is 3.85. The normalized spacial score (nSPS) is 10.8. The van der Waals surface area contributed by atoms with E-state index in [9.17, 15) is 0 Å². The predicted molar refractivity (Wildman–Crippen MR) is 71.8 cm³/mol. The summed E-state index contributed by atoms with van der Waals surface area (Å²) in [6, 6.07) is 10.2. The molecule has 0 aromatic heterocycles. The lowest BCUT2D eigenvalue weighted by atomic mass is 10.0. The molecule has 0 unspecified atom stereocenters. The average Bonchev–Trinajstić information content (AvgIpc) is 2.37. The molecule has 0 aliphatic heterocycles. The summed E-state index contributed by atoms with van der Waals surface area (Å²) >= 11 is 0. The number of ether oxygens (including phenoxy) is 2. The van der Waals surface area contributed by atoms with Crippen molar-refractivity contribution in [3.63, 3.8) is 0 Å². The Morgan fingerprint density at radius 2 is 1.71 bits per heavy atom. The summed E-state index contributed by atoms with van der Waals surface area (Å²) in [6.07, 6.45) is 1.65. The Balaban J connectivity index is 2.41. The largest absolute Gasteiger partial charge is 0.353 e. The molecule has 0 aliphatic rings. The fraction of sp³-hybridized carbons (Fsp3) is 0.467. The van der Waals surface area contributed by atoms with Crippen LogP contribution >= 0.6 is 0 Å². The molecule has 0 bridgehead atoms. The summed E-state index contributed by atoms with van der Waals surface area (Å²) in [5, 5.41) is 0. The van der Waals surface area contributed by atoms with Crippen LogP contribution in [0.15, 0.2) is 36.9 Å². The first kappa shape index (κ1) is 13.9. The fourth-order valence-electron chi connectivity index (χ4n) is 1.70. The molecule has 0 saturated heterocycles. The van der Waals surface area contributed by atoms with Crippen molar-refractivity contribution in [3.05, 3.63) is 42.5 Å². The van der Waals surface area contributed by atoms with Gasteiger partial charge in [0.2, 0.25) is 0 Å². The Labute approximate surface area is 104 Å². The molecule has 2 heteroatoms. The molecule has 0 spiro atoms. The number of rotatable bonds is 8. The van der Waals surface area contributed by atoms with Gasteiger partial charge >= 0.3 is 0 Å². The predicted octanol–water partition coefficient (Wildman–Crippen LogP) is 3.88. The first-order chi connectivity index (χ1) is 8.27. The topological polar surface area (TPSA) is 18.5 Å². The maximum atomic E-state index is 5.51. The van der Waals surface area contributed by atoms with Gasteiger partial charge in [0.05, 0.1) is 0 Å².